The Bertz CT molecular complexity index is 862. The van der Waals surface area contributed by atoms with E-state index in [1.165, 1.54) is 13.2 Å². The van der Waals surface area contributed by atoms with E-state index in [-0.39, 0.29) is 0 Å². The monoisotopic (exact) mass is 319 g/mol. The van der Waals surface area contributed by atoms with Gasteiger partial charge in [0.05, 0.1) is 12.8 Å². The molecule has 3 rings (SSSR count). The van der Waals surface area contributed by atoms with Gasteiger partial charge in [0, 0.05) is 17.2 Å². The lowest BCUT2D eigenvalue weighted by Gasteiger charge is -2.03. The minimum absolute atomic E-state index is 0.416. The molecular formula is C20H17NO3. The normalized spacial score (nSPS) is 10.9. The van der Waals surface area contributed by atoms with E-state index in [4.69, 9.17) is 4.52 Å². The summed E-state index contributed by atoms with van der Waals surface area (Å²) < 4.78 is 10.1. The van der Waals surface area contributed by atoms with Crippen LogP contribution in [0.15, 0.2) is 65.2 Å². The van der Waals surface area contributed by atoms with E-state index in [2.05, 4.69) is 22.0 Å². The highest BCUT2D eigenvalue weighted by molar-refractivity contribution is 5.88. The van der Waals surface area contributed by atoms with Gasteiger partial charge >= 0.3 is 5.97 Å². The van der Waals surface area contributed by atoms with Gasteiger partial charge in [-0.2, -0.15) is 0 Å². The minimum atomic E-state index is -0.416. The molecule has 1 heterocycles. The van der Waals surface area contributed by atoms with Crippen molar-refractivity contribution in [1.29, 1.82) is 0 Å². The van der Waals surface area contributed by atoms with Crippen molar-refractivity contribution in [2.45, 2.75) is 6.92 Å². The quantitative estimate of drug-likeness (QED) is 0.525. The molecule has 2 aromatic carbocycles. The number of methoxy groups -OCH3 is 1. The van der Waals surface area contributed by atoms with Gasteiger partial charge in [0.25, 0.3) is 0 Å². The van der Waals surface area contributed by atoms with E-state index in [1.807, 2.05) is 49.4 Å². The zero-order chi connectivity index (χ0) is 16.9. The summed E-state index contributed by atoms with van der Waals surface area (Å²) in [6.07, 6.45) is 3.03. The maximum atomic E-state index is 11.3. The Kier molecular flexibility index (Phi) is 4.57. The Morgan fingerprint density at radius 2 is 1.62 bits per heavy atom. The van der Waals surface area contributed by atoms with E-state index in [0.29, 0.717) is 5.76 Å². The van der Waals surface area contributed by atoms with Crippen LogP contribution < -0.4 is 0 Å². The average molecular weight is 319 g/mol. The first-order valence-corrected chi connectivity index (χ1v) is 7.57. The first-order chi connectivity index (χ1) is 11.7. The zero-order valence-corrected chi connectivity index (χ0v) is 13.5. The van der Waals surface area contributed by atoms with Crippen LogP contribution in [0.4, 0.5) is 0 Å². The summed E-state index contributed by atoms with van der Waals surface area (Å²) in [6.45, 7) is 1.84. The number of carbonyl (C=O) groups excluding carboxylic acids is 1. The number of nitrogens with zero attached hydrogens (tertiary/aromatic N) is 1. The van der Waals surface area contributed by atoms with E-state index >= 15 is 0 Å². The molecule has 0 unspecified atom stereocenters. The molecule has 0 bridgehead atoms. The summed E-state index contributed by atoms with van der Waals surface area (Å²) in [5, 5.41) is 4.00. The van der Waals surface area contributed by atoms with Crippen LogP contribution in [-0.4, -0.2) is 18.2 Å². The van der Waals surface area contributed by atoms with Crippen LogP contribution in [-0.2, 0) is 9.53 Å². The Balaban J connectivity index is 1.93. The summed E-state index contributed by atoms with van der Waals surface area (Å²) in [6, 6.07) is 18.2. The number of hydrogen-bond acceptors (Lipinski definition) is 4. The summed E-state index contributed by atoms with van der Waals surface area (Å²) in [7, 11) is 1.34. The molecule has 0 aliphatic rings. The standard InChI is InChI=1S/C20H17NO3/c1-14-18(12-13-19(22)23-2)20(24-21-14)17-10-8-16(9-11-17)15-6-4-3-5-7-15/h3-13H,1-2H3/b13-12+. The van der Waals surface area contributed by atoms with Crippen LogP contribution in [0.1, 0.15) is 11.3 Å². The molecule has 3 aromatic rings. The lowest BCUT2D eigenvalue weighted by atomic mass is 10.0. The minimum Gasteiger partial charge on any atom is -0.466 e. The van der Waals surface area contributed by atoms with Crippen LogP contribution in [0.2, 0.25) is 0 Å². The van der Waals surface area contributed by atoms with Gasteiger partial charge in [-0.15, -0.1) is 0 Å². The Morgan fingerprint density at radius 3 is 2.29 bits per heavy atom. The molecule has 0 fully saturated rings. The van der Waals surface area contributed by atoms with Gasteiger partial charge in [0.2, 0.25) is 0 Å². The second-order valence-corrected chi connectivity index (χ2v) is 5.31. The second-order valence-electron chi connectivity index (χ2n) is 5.31. The SMILES string of the molecule is COC(=O)/C=C/c1c(C)noc1-c1ccc(-c2ccccc2)cc1. The molecule has 0 radical (unpaired) electrons. The highest BCUT2D eigenvalue weighted by atomic mass is 16.5. The van der Waals surface area contributed by atoms with Crippen LogP contribution in [0, 0.1) is 6.92 Å². The highest BCUT2D eigenvalue weighted by Gasteiger charge is 2.13. The van der Waals surface area contributed by atoms with Gasteiger partial charge in [0.15, 0.2) is 5.76 Å². The molecule has 120 valence electrons. The molecule has 0 spiro atoms. The maximum Gasteiger partial charge on any atom is 0.330 e. The largest absolute Gasteiger partial charge is 0.466 e. The summed E-state index contributed by atoms with van der Waals surface area (Å²) in [4.78, 5) is 11.3. The maximum absolute atomic E-state index is 11.3. The fourth-order valence-corrected chi connectivity index (χ4v) is 2.45. The molecule has 0 amide bonds. The van der Waals surface area contributed by atoms with Crippen molar-refractivity contribution in [2.24, 2.45) is 0 Å². The van der Waals surface area contributed by atoms with Crippen molar-refractivity contribution in [1.82, 2.24) is 5.16 Å². The number of carbonyl (C=O) groups is 1. The molecule has 0 saturated carbocycles. The van der Waals surface area contributed by atoms with Crippen molar-refractivity contribution < 1.29 is 14.1 Å². The van der Waals surface area contributed by atoms with Crippen LogP contribution in [0.3, 0.4) is 0 Å². The van der Waals surface area contributed by atoms with Crippen LogP contribution in [0.5, 0.6) is 0 Å². The summed E-state index contributed by atoms with van der Waals surface area (Å²) in [5.74, 6) is 0.216. The topological polar surface area (TPSA) is 52.3 Å². The molecule has 4 nitrogen and oxygen atoms in total. The molecule has 0 aliphatic carbocycles. The summed E-state index contributed by atoms with van der Waals surface area (Å²) in [5.41, 5.74) is 4.68. The molecule has 24 heavy (non-hydrogen) atoms. The van der Waals surface area contributed by atoms with E-state index in [1.54, 1.807) is 6.08 Å². The van der Waals surface area contributed by atoms with Gasteiger partial charge in [-0.3, -0.25) is 0 Å². The van der Waals surface area contributed by atoms with Crippen molar-refractivity contribution in [3.05, 3.63) is 71.9 Å². The summed E-state index contributed by atoms with van der Waals surface area (Å²) >= 11 is 0. The van der Waals surface area contributed by atoms with Crippen LogP contribution >= 0.6 is 0 Å². The van der Waals surface area contributed by atoms with Crippen molar-refractivity contribution >= 4 is 12.0 Å². The number of rotatable bonds is 4. The Hall–Kier alpha value is -3.14. The number of aromatic nitrogens is 1. The molecule has 0 aliphatic heterocycles. The third-order valence-electron chi connectivity index (χ3n) is 3.75. The van der Waals surface area contributed by atoms with Crippen LogP contribution in [0.25, 0.3) is 28.5 Å². The first-order valence-electron chi connectivity index (χ1n) is 7.57. The predicted molar refractivity (Wildman–Crippen MR) is 93.2 cm³/mol. The van der Waals surface area contributed by atoms with Gasteiger partial charge in [-0.05, 0) is 24.1 Å². The molecular weight excluding hydrogens is 302 g/mol. The number of esters is 1. The zero-order valence-electron chi connectivity index (χ0n) is 13.5. The lowest BCUT2D eigenvalue weighted by Crippen LogP contribution is -1.93. The fourth-order valence-electron chi connectivity index (χ4n) is 2.45. The van der Waals surface area contributed by atoms with Crippen molar-refractivity contribution in [3.8, 4) is 22.5 Å². The lowest BCUT2D eigenvalue weighted by molar-refractivity contribution is -0.134. The first kappa shape index (κ1) is 15.7. The van der Waals surface area contributed by atoms with Gasteiger partial charge in [-0.25, -0.2) is 4.79 Å². The van der Waals surface area contributed by atoms with E-state index < -0.39 is 5.97 Å². The number of benzene rings is 2. The van der Waals surface area contributed by atoms with Crippen molar-refractivity contribution in [3.63, 3.8) is 0 Å². The predicted octanol–water partition coefficient (Wildman–Crippen LogP) is 4.50. The third-order valence-corrected chi connectivity index (χ3v) is 3.75. The van der Waals surface area contributed by atoms with Gasteiger partial charge in [0.1, 0.15) is 0 Å². The van der Waals surface area contributed by atoms with Gasteiger partial charge < -0.3 is 9.26 Å². The van der Waals surface area contributed by atoms with E-state index in [0.717, 1.165) is 27.9 Å². The van der Waals surface area contributed by atoms with Gasteiger partial charge in [-0.1, -0.05) is 59.8 Å². The smallest absolute Gasteiger partial charge is 0.330 e. The number of ether oxygens (including phenoxy) is 1. The van der Waals surface area contributed by atoms with E-state index in [9.17, 15) is 4.79 Å². The molecule has 0 saturated heterocycles. The highest BCUT2D eigenvalue weighted by Crippen LogP contribution is 2.29. The third kappa shape index (κ3) is 3.27. The second kappa shape index (κ2) is 6.96. The number of aryl methyl sites for hydroxylation is 1. The molecule has 0 N–H and O–H groups in total. The Labute approximate surface area is 140 Å². The molecule has 0 atom stereocenters. The Morgan fingerprint density at radius 1 is 1.00 bits per heavy atom. The average Bonchev–Trinajstić information content (AvgIpc) is 3.01. The molecule has 4 heteroatoms. The van der Waals surface area contributed by atoms with Crippen molar-refractivity contribution in [2.75, 3.05) is 7.11 Å². The number of hydrogen-bond donors (Lipinski definition) is 0. The fraction of sp³-hybridized carbons (Fsp3) is 0.100. The molecule has 1 aromatic heterocycles.